The van der Waals surface area contributed by atoms with Crippen molar-refractivity contribution in [3.05, 3.63) is 77.1 Å². The summed E-state index contributed by atoms with van der Waals surface area (Å²) in [7, 11) is 0. The van der Waals surface area contributed by atoms with Crippen molar-refractivity contribution in [2.75, 3.05) is 0 Å². The number of para-hydroxylation sites is 2. The zero-order chi connectivity index (χ0) is 18.0. The van der Waals surface area contributed by atoms with Crippen molar-refractivity contribution in [1.29, 1.82) is 0 Å². The highest BCUT2D eigenvalue weighted by Crippen LogP contribution is 2.23. The molecule has 1 atom stereocenters. The van der Waals surface area contributed by atoms with Crippen LogP contribution in [0.3, 0.4) is 0 Å². The summed E-state index contributed by atoms with van der Waals surface area (Å²) in [4.78, 5) is 16.7. The summed E-state index contributed by atoms with van der Waals surface area (Å²) in [5, 5.41) is 3.66. The van der Waals surface area contributed by atoms with Gasteiger partial charge in [0.2, 0.25) is 5.91 Å². The number of hydrogen-bond donors (Lipinski definition) is 1. The van der Waals surface area contributed by atoms with Crippen LogP contribution in [0.4, 0.5) is 0 Å². The minimum Gasteiger partial charge on any atom is -0.343 e. The van der Waals surface area contributed by atoms with Crippen LogP contribution in [0, 0.1) is 0 Å². The molecular weight excluding hydrogens is 334 g/mol. The number of aromatic nitrogens is 2. The molecule has 25 heavy (non-hydrogen) atoms. The number of fused-ring (bicyclic) bond motifs is 1. The summed E-state index contributed by atoms with van der Waals surface area (Å²) >= 11 is 5.98. The van der Waals surface area contributed by atoms with E-state index in [-0.39, 0.29) is 11.9 Å². The van der Waals surface area contributed by atoms with Crippen molar-refractivity contribution in [2.45, 2.75) is 26.4 Å². The SMILES string of the molecule is C=C(C)C(=O)NC(C)c1nc2ccccc2n1Cc1ccc(Cl)cc1. The van der Waals surface area contributed by atoms with Crippen molar-refractivity contribution < 1.29 is 4.79 Å². The molecule has 0 fully saturated rings. The number of nitrogens with one attached hydrogen (secondary N) is 1. The molecule has 0 saturated carbocycles. The molecule has 1 amide bonds. The monoisotopic (exact) mass is 353 g/mol. The lowest BCUT2D eigenvalue weighted by molar-refractivity contribution is -0.118. The highest BCUT2D eigenvalue weighted by Gasteiger charge is 2.18. The smallest absolute Gasteiger partial charge is 0.246 e. The van der Waals surface area contributed by atoms with Crippen LogP contribution in [-0.4, -0.2) is 15.5 Å². The molecule has 4 nitrogen and oxygen atoms in total. The van der Waals surface area contributed by atoms with Crippen LogP contribution in [0.1, 0.15) is 31.3 Å². The van der Waals surface area contributed by atoms with Crippen LogP contribution >= 0.6 is 11.6 Å². The Kier molecular flexibility index (Phi) is 4.91. The standard InChI is InChI=1S/C20H20ClN3O/c1-13(2)20(25)22-14(3)19-23-17-6-4-5-7-18(17)24(19)12-15-8-10-16(21)11-9-15/h4-11,14H,1,12H2,2-3H3,(H,22,25). The van der Waals surface area contributed by atoms with Crippen LogP contribution in [0.25, 0.3) is 11.0 Å². The second kappa shape index (κ2) is 7.11. The van der Waals surface area contributed by atoms with E-state index in [1.54, 1.807) is 6.92 Å². The fourth-order valence-electron chi connectivity index (χ4n) is 2.75. The topological polar surface area (TPSA) is 46.9 Å². The largest absolute Gasteiger partial charge is 0.343 e. The Morgan fingerprint density at radius 1 is 1.24 bits per heavy atom. The molecule has 0 radical (unpaired) electrons. The van der Waals surface area contributed by atoms with E-state index in [0.29, 0.717) is 17.1 Å². The second-order valence-electron chi connectivity index (χ2n) is 6.15. The van der Waals surface area contributed by atoms with E-state index in [4.69, 9.17) is 16.6 Å². The normalized spacial score (nSPS) is 12.1. The molecule has 1 heterocycles. The number of halogens is 1. The van der Waals surface area contributed by atoms with E-state index >= 15 is 0 Å². The predicted molar refractivity (Wildman–Crippen MR) is 102 cm³/mol. The minimum absolute atomic E-state index is 0.169. The molecular formula is C20H20ClN3O. The number of nitrogens with zero attached hydrogens (tertiary/aromatic N) is 2. The summed E-state index contributed by atoms with van der Waals surface area (Å²) in [6, 6.07) is 15.5. The molecule has 3 rings (SSSR count). The fourth-order valence-corrected chi connectivity index (χ4v) is 2.87. The maximum atomic E-state index is 12.0. The molecule has 1 unspecified atom stereocenters. The van der Waals surface area contributed by atoms with Crippen molar-refractivity contribution in [1.82, 2.24) is 14.9 Å². The van der Waals surface area contributed by atoms with Crippen LogP contribution in [0.2, 0.25) is 5.02 Å². The molecule has 2 aromatic carbocycles. The van der Waals surface area contributed by atoms with Gasteiger partial charge >= 0.3 is 0 Å². The molecule has 5 heteroatoms. The van der Waals surface area contributed by atoms with Gasteiger partial charge in [0.15, 0.2) is 0 Å². The average molecular weight is 354 g/mol. The third-order valence-electron chi connectivity index (χ3n) is 4.06. The molecule has 0 bridgehead atoms. The van der Waals surface area contributed by atoms with Gasteiger partial charge < -0.3 is 9.88 Å². The summed E-state index contributed by atoms with van der Waals surface area (Å²) in [5.41, 5.74) is 3.53. The van der Waals surface area contributed by atoms with Gasteiger partial charge in [0, 0.05) is 17.1 Å². The van der Waals surface area contributed by atoms with Crippen molar-refractivity contribution >= 4 is 28.5 Å². The van der Waals surface area contributed by atoms with E-state index < -0.39 is 0 Å². The quantitative estimate of drug-likeness (QED) is 0.687. The number of rotatable bonds is 5. The summed E-state index contributed by atoms with van der Waals surface area (Å²) in [6.07, 6.45) is 0. The Morgan fingerprint density at radius 2 is 1.92 bits per heavy atom. The number of carbonyl (C=O) groups excluding carboxylic acids is 1. The highest BCUT2D eigenvalue weighted by atomic mass is 35.5. The maximum absolute atomic E-state index is 12.0. The Bertz CT molecular complexity index is 928. The summed E-state index contributed by atoms with van der Waals surface area (Å²) in [5.74, 6) is 0.642. The predicted octanol–water partition coefficient (Wildman–Crippen LogP) is 4.49. The van der Waals surface area contributed by atoms with Crippen molar-refractivity contribution in [3.8, 4) is 0 Å². The Hall–Kier alpha value is -2.59. The van der Waals surface area contributed by atoms with E-state index in [1.807, 2.05) is 55.5 Å². The summed E-state index contributed by atoms with van der Waals surface area (Å²) in [6.45, 7) is 7.97. The lowest BCUT2D eigenvalue weighted by Gasteiger charge is -2.16. The van der Waals surface area contributed by atoms with E-state index in [9.17, 15) is 4.79 Å². The zero-order valence-electron chi connectivity index (χ0n) is 14.3. The first kappa shape index (κ1) is 17.2. The van der Waals surface area contributed by atoms with Gasteiger partial charge in [0.25, 0.3) is 0 Å². The first-order chi connectivity index (χ1) is 12.0. The first-order valence-corrected chi connectivity index (χ1v) is 8.49. The average Bonchev–Trinajstić information content (AvgIpc) is 2.95. The number of amides is 1. The molecule has 0 aliphatic rings. The van der Waals surface area contributed by atoms with Gasteiger partial charge in [-0.15, -0.1) is 0 Å². The van der Waals surface area contributed by atoms with Crippen LogP contribution in [0.15, 0.2) is 60.7 Å². The first-order valence-electron chi connectivity index (χ1n) is 8.11. The third-order valence-corrected chi connectivity index (χ3v) is 4.31. The van der Waals surface area contributed by atoms with Crippen LogP contribution in [-0.2, 0) is 11.3 Å². The number of carbonyl (C=O) groups is 1. The zero-order valence-corrected chi connectivity index (χ0v) is 15.0. The molecule has 3 aromatic rings. The van der Waals surface area contributed by atoms with Gasteiger partial charge in [-0.25, -0.2) is 4.98 Å². The lowest BCUT2D eigenvalue weighted by atomic mass is 10.2. The van der Waals surface area contributed by atoms with E-state index in [2.05, 4.69) is 16.5 Å². The lowest BCUT2D eigenvalue weighted by Crippen LogP contribution is -2.29. The molecule has 128 valence electrons. The van der Waals surface area contributed by atoms with Gasteiger partial charge in [-0.3, -0.25) is 4.79 Å². The minimum atomic E-state index is -0.232. The Morgan fingerprint density at radius 3 is 2.60 bits per heavy atom. The highest BCUT2D eigenvalue weighted by molar-refractivity contribution is 6.30. The molecule has 1 N–H and O–H groups in total. The maximum Gasteiger partial charge on any atom is 0.246 e. The van der Waals surface area contributed by atoms with Gasteiger partial charge in [-0.05, 0) is 43.7 Å². The molecule has 1 aromatic heterocycles. The van der Waals surface area contributed by atoms with Crippen LogP contribution in [0.5, 0.6) is 0 Å². The van der Waals surface area contributed by atoms with Gasteiger partial charge in [0.1, 0.15) is 5.82 Å². The molecule has 0 aliphatic heterocycles. The van der Waals surface area contributed by atoms with Crippen molar-refractivity contribution in [2.24, 2.45) is 0 Å². The van der Waals surface area contributed by atoms with Gasteiger partial charge in [-0.2, -0.15) is 0 Å². The van der Waals surface area contributed by atoms with E-state index in [1.165, 1.54) is 0 Å². The second-order valence-corrected chi connectivity index (χ2v) is 6.58. The number of imidazole rings is 1. The van der Waals surface area contributed by atoms with E-state index in [0.717, 1.165) is 22.4 Å². The Labute approximate surface area is 152 Å². The third kappa shape index (κ3) is 3.74. The molecule has 0 aliphatic carbocycles. The van der Waals surface area contributed by atoms with Gasteiger partial charge in [0.05, 0.1) is 17.1 Å². The molecule has 0 saturated heterocycles. The summed E-state index contributed by atoms with van der Waals surface area (Å²) < 4.78 is 2.13. The van der Waals surface area contributed by atoms with Crippen LogP contribution < -0.4 is 5.32 Å². The molecule has 0 spiro atoms. The van der Waals surface area contributed by atoms with Gasteiger partial charge in [-0.1, -0.05) is 42.4 Å². The number of benzene rings is 2. The Balaban J connectivity index is 2.01. The number of hydrogen-bond acceptors (Lipinski definition) is 2. The van der Waals surface area contributed by atoms with Crippen molar-refractivity contribution in [3.63, 3.8) is 0 Å². The fraction of sp³-hybridized carbons (Fsp3) is 0.200.